The molecule has 1 amide bonds. The van der Waals surface area contributed by atoms with Gasteiger partial charge < -0.3 is 15.2 Å². The molecule has 0 aromatic heterocycles. The molecule has 2 N–H and O–H groups in total. The van der Waals surface area contributed by atoms with Gasteiger partial charge in [0.25, 0.3) is 0 Å². The Morgan fingerprint density at radius 3 is 2.42 bits per heavy atom. The third-order valence-electron chi connectivity index (χ3n) is 3.52. The monoisotopic (exact) mass is 291 g/mol. The summed E-state index contributed by atoms with van der Waals surface area (Å²) in [6.45, 7) is 1.68. The highest BCUT2D eigenvalue weighted by Gasteiger charge is 2.42. The van der Waals surface area contributed by atoms with Crippen molar-refractivity contribution in [2.45, 2.75) is 43.9 Å². The molecule has 3 atom stereocenters. The van der Waals surface area contributed by atoms with Gasteiger partial charge >= 0.3 is 5.97 Å². The van der Waals surface area contributed by atoms with Crippen LogP contribution in [0.1, 0.15) is 26.2 Å². The molecule has 2 aliphatic rings. The van der Waals surface area contributed by atoms with Crippen LogP contribution in [0.2, 0.25) is 0 Å². The lowest BCUT2D eigenvalue weighted by Crippen LogP contribution is -2.50. The molecule has 0 bridgehead atoms. The van der Waals surface area contributed by atoms with Crippen LogP contribution in [0.4, 0.5) is 0 Å². The lowest BCUT2D eigenvalue weighted by atomic mass is 10.0. The van der Waals surface area contributed by atoms with Gasteiger partial charge in [0.15, 0.2) is 15.9 Å². The number of carboxylic acids is 1. The van der Waals surface area contributed by atoms with Crippen molar-refractivity contribution in [2.75, 3.05) is 11.5 Å². The fraction of sp³-hybridized carbons (Fsp3) is 0.818. The summed E-state index contributed by atoms with van der Waals surface area (Å²) in [6.07, 6.45) is -0.749. The van der Waals surface area contributed by atoms with Crippen LogP contribution in [0.5, 0.6) is 0 Å². The Kier molecular flexibility index (Phi) is 3.57. The zero-order chi connectivity index (χ0) is 14.3. The van der Waals surface area contributed by atoms with E-state index in [1.807, 2.05) is 0 Å². The summed E-state index contributed by atoms with van der Waals surface area (Å²) in [7, 11) is -3.10. The van der Waals surface area contributed by atoms with Gasteiger partial charge in [-0.2, -0.15) is 0 Å². The number of carbonyl (C=O) groups excluding carboxylic acids is 1. The van der Waals surface area contributed by atoms with Crippen LogP contribution in [-0.4, -0.2) is 54.7 Å². The number of amides is 1. The largest absolute Gasteiger partial charge is 0.479 e. The third-order valence-corrected chi connectivity index (χ3v) is 5.42. The minimum atomic E-state index is -3.10. The predicted molar refractivity (Wildman–Crippen MR) is 65.3 cm³/mol. The molecule has 108 valence electrons. The van der Waals surface area contributed by atoms with Crippen LogP contribution in [0.25, 0.3) is 0 Å². The molecule has 3 unspecified atom stereocenters. The molecular weight excluding hydrogens is 274 g/mol. The van der Waals surface area contributed by atoms with E-state index < -0.39 is 39.5 Å². The number of sulfone groups is 1. The van der Waals surface area contributed by atoms with Gasteiger partial charge in [0.05, 0.1) is 17.0 Å². The van der Waals surface area contributed by atoms with Crippen molar-refractivity contribution < 1.29 is 27.9 Å². The molecule has 8 heteroatoms. The number of carboxylic acid groups (broad SMARTS) is 1. The second kappa shape index (κ2) is 4.75. The highest BCUT2D eigenvalue weighted by molar-refractivity contribution is 7.91. The Labute approximate surface area is 111 Å². The van der Waals surface area contributed by atoms with E-state index in [1.165, 1.54) is 0 Å². The molecule has 2 saturated heterocycles. The van der Waals surface area contributed by atoms with Crippen molar-refractivity contribution in [1.29, 1.82) is 0 Å². The SMILES string of the molecule is CC1(NC(=O)C2CCC(C(=O)O)O2)CCS(=O)(=O)C1. The van der Waals surface area contributed by atoms with Crippen LogP contribution in [-0.2, 0) is 24.2 Å². The van der Waals surface area contributed by atoms with E-state index in [2.05, 4.69) is 5.32 Å². The van der Waals surface area contributed by atoms with Gasteiger partial charge in [-0.05, 0) is 26.2 Å². The molecule has 0 aromatic carbocycles. The number of rotatable bonds is 3. The molecule has 0 spiro atoms. The van der Waals surface area contributed by atoms with Gasteiger partial charge in [-0.15, -0.1) is 0 Å². The molecule has 0 radical (unpaired) electrons. The number of hydrogen-bond acceptors (Lipinski definition) is 5. The van der Waals surface area contributed by atoms with Gasteiger partial charge in [0, 0.05) is 0 Å². The lowest BCUT2D eigenvalue weighted by Gasteiger charge is -2.25. The van der Waals surface area contributed by atoms with Crippen molar-refractivity contribution in [3.05, 3.63) is 0 Å². The molecule has 0 aromatic rings. The van der Waals surface area contributed by atoms with Crippen molar-refractivity contribution in [3.8, 4) is 0 Å². The normalized spacial score (nSPS) is 37.1. The maximum atomic E-state index is 12.0. The van der Waals surface area contributed by atoms with Gasteiger partial charge in [0.1, 0.15) is 6.10 Å². The van der Waals surface area contributed by atoms with Crippen LogP contribution in [0.3, 0.4) is 0 Å². The standard InChI is InChI=1S/C11H17NO6S/c1-11(4-5-19(16,17)6-11)12-9(13)7-2-3-8(18-7)10(14)15/h7-8H,2-6H2,1H3,(H,12,13)(H,14,15). The zero-order valence-electron chi connectivity index (χ0n) is 10.6. The van der Waals surface area contributed by atoms with E-state index in [-0.39, 0.29) is 11.5 Å². The molecular formula is C11H17NO6S. The van der Waals surface area contributed by atoms with Crippen molar-refractivity contribution >= 4 is 21.7 Å². The Morgan fingerprint density at radius 1 is 1.32 bits per heavy atom. The number of nitrogens with one attached hydrogen (secondary N) is 1. The first kappa shape index (κ1) is 14.3. The van der Waals surface area contributed by atoms with E-state index in [9.17, 15) is 18.0 Å². The maximum absolute atomic E-state index is 12.0. The van der Waals surface area contributed by atoms with E-state index in [1.54, 1.807) is 6.92 Å². The number of ether oxygens (including phenoxy) is 1. The van der Waals surface area contributed by atoms with Crippen LogP contribution in [0, 0.1) is 0 Å². The summed E-state index contributed by atoms with van der Waals surface area (Å²) in [5, 5.41) is 11.5. The molecule has 2 heterocycles. The minimum absolute atomic E-state index is 0.0626. The summed E-state index contributed by atoms with van der Waals surface area (Å²) < 4.78 is 28.0. The Balaban J connectivity index is 1.94. The third kappa shape index (κ3) is 3.24. The van der Waals surface area contributed by atoms with Crippen LogP contribution < -0.4 is 5.32 Å². The number of hydrogen-bond donors (Lipinski definition) is 2. The van der Waals surface area contributed by atoms with Crippen molar-refractivity contribution in [2.24, 2.45) is 0 Å². The Morgan fingerprint density at radius 2 is 1.95 bits per heavy atom. The zero-order valence-corrected chi connectivity index (χ0v) is 11.4. The summed E-state index contributed by atoms with van der Waals surface area (Å²) in [5.74, 6) is -1.53. The highest BCUT2D eigenvalue weighted by atomic mass is 32.2. The molecule has 7 nitrogen and oxygen atoms in total. The van der Waals surface area contributed by atoms with Gasteiger partial charge in [-0.1, -0.05) is 0 Å². The van der Waals surface area contributed by atoms with E-state index in [0.717, 1.165) is 0 Å². The van der Waals surface area contributed by atoms with Gasteiger partial charge in [-0.25, -0.2) is 13.2 Å². The molecule has 2 rings (SSSR count). The smallest absolute Gasteiger partial charge is 0.332 e. The summed E-state index contributed by atoms with van der Waals surface area (Å²) in [4.78, 5) is 22.7. The van der Waals surface area contributed by atoms with E-state index >= 15 is 0 Å². The minimum Gasteiger partial charge on any atom is -0.479 e. The first-order chi connectivity index (χ1) is 8.71. The second-order valence-electron chi connectivity index (χ2n) is 5.42. The number of aliphatic carboxylic acids is 1. The topological polar surface area (TPSA) is 110 Å². The Bertz CT molecular complexity index is 501. The molecule has 2 fully saturated rings. The molecule has 0 saturated carbocycles. The Hall–Kier alpha value is -1.15. The lowest BCUT2D eigenvalue weighted by molar-refractivity contribution is -0.152. The van der Waals surface area contributed by atoms with Crippen molar-refractivity contribution in [3.63, 3.8) is 0 Å². The first-order valence-electron chi connectivity index (χ1n) is 6.11. The van der Waals surface area contributed by atoms with E-state index in [4.69, 9.17) is 9.84 Å². The van der Waals surface area contributed by atoms with Gasteiger partial charge in [-0.3, -0.25) is 4.79 Å². The number of carbonyl (C=O) groups is 2. The van der Waals surface area contributed by atoms with Crippen LogP contribution >= 0.6 is 0 Å². The summed E-state index contributed by atoms with van der Waals surface area (Å²) in [5.41, 5.74) is -0.777. The quantitative estimate of drug-likeness (QED) is 0.712. The molecule has 0 aliphatic carbocycles. The fourth-order valence-electron chi connectivity index (χ4n) is 2.50. The maximum Gasteiger partial charge on any atom is 0.332 e. The summed E-state index contributed by atoms with van der Waals surface area (Å²) in [6, 6.07) is 0. The van der Waals surface area contributed by atoms with Crippen molar-refractivity contribution in [1.82, 2.24) is 5.32 Å². The second-order valence-corrected chi connectivity index (χ2v) is 7.60. The molecule has 2 aliphatic heterocycles. The van der Waals surface area contributed by atoms with Crippen LogP contribution in [0.15, 0.2) is 0 Å². The molecule has 19 heavy (non-hydrogen) atoms. The van der Waals surface area contributed by atoms with Gasteiger partial charge in [0.2, 0.25) is 5.91 Å². The predicted octanol–water partition coefficient (Wildman–Crippen LogP) is -0.688. The average Bonchev–Trinajstić information content (AvgIpc) is 2.83. The van der Waals surface area contributed by atoms with E-state index in [0.29, 0.717) is 19.3 Å². The first-order valence-corrected chi connectivity index (χ1v) is 7.94. The fourth-order valence-corrected chi connectivity index (χ4v) is 4.59. The summed E-state index contributed by atoms with van der Waals surface area (Å²) >= 11 is 0. The average molecular weight is 291 g/mol. The highest BCUT2D eigenvalue weighted by Crippen LogP contribution is 2.25.